The molecule has 1 heterocycles. The van der Waals surface area contributed by atoms with E-state index in [0.717, 1.165) is 0 Å². The maximum Gasteiger partial charge on any atom is 0.124 e. The number of rotatable bonds is 4. The van der Waals surface area contributed by atoms with Crippen molar-refractivity contribution in [2.45, 2.75) is 18.6 Å². The van der Waals surface area contributed by atoms with Gasteiger partial charge in [-0.1, -0.05) is 0 Å². The van der Waals surface area contributed by atoms with Gasteiger partial charge in [-0.25, -0.2) is 0 Å². The number of aliphatic hydroxyl groups is 2. The van der Waals surface area contributed by atoms with Gasteiger partial charge in [-0.2, -0.15) is 12.6 Å². The third-order valence-electron chi connectivity index (χ3n) is 1.94. The second kappa shape index (κ2) is 5.19. The molecule has 4 nitrogen and oxygen atoms in total. The molecule has 0 spiro atoms. The van der Waals surface area contributed by atoms with Crippen LogP contribution in [0.25, 0.3) is 0 Å². The zero-order chi connectivity index (χ0) is 10.6. The van der Waals surface area contributed by atoms with Crippen LogP contribution in [-0.4, -0.2) is 27.1 Å². The van der Waals surface area contributed by atoms with Crippen LogP contribution in [-0.2, 0) is 0 Å². The van der Waals surface area contributed by atoms with Crippen LogP contribution in [0.4, 0.5) is 5.69 Å². The fourth-order valence-corrected chi connectivity index (χ4v) is 1.41. The van der Waals surface area contributed by atoms with Crippen LogP contribution >= 0.6 is 12.6 Å². The Kier molecular flexibility index (Phi) is 4.19. The van der Waals surface area contributed by atoms with Crippen molar-refractivity contribution in [3.8, 4) is 0 Å². The standard InChI is InChI=1S/C9H14N2O2S/c10-6-2-1-4-11-8(6)9(13)7(12)3-5-14/h1-2,4,7,9,12-14H,3,5,10H2. The fourth-order valence-electron chi connectivity index (χ4n) is 1.15. The van der Waals surface area contributed by atoms with Gasteiger partial charge in [0.25, 0.3) is 0 Å². The second-order valence-electron chi connectivity index (χ2n) is 3.00. The fraction of sp³-hybridized carbons (Fsp3) is 0.444. The molecule has 5 heteroatoms. The molecule has 0 aromatic carbocycles. The number of anilines is 1. The van der Waals surface area contributed by atoms with Crippen molar-refractivity contribution in [1.29, 1.82) is 0 Å². The molecule has 4 N–H and O–H groups in total. The summed E-state index contributed by atoms with van der Waals surface area (Å²) in [7, 11) is 0. The summed E-state index contributed by atoms with van der Waals surface area (Å²) in [5, 5.41) is 19.2. The molecule has 78 valence electrons. The van der Waals surface area contributed by atoms with E-state index in [1.165, 1.54) is 6.20 Å². The van der Waals surface area contributed by atoms with Crippen molar-refractivity contribution in [2.24, 2.45) is 0 Å². The van der Waals surface area contributed by atoms with E-state index in [1.807, 2.05) is 0 Å². The number of nitrogen functional groups attached to an aromatic ring is 1. The third kappa shape index (κ3) is 2.60. The van der Waals surface area contributed by atoms with Crippen molar-refractivity contribution in [3.05, 3.63) is 24.0 Å². The molecule has 0 aliphatic carbocycles. The average Bonchev–Trinajstić information content (AvgIpc) is 2.18. The molecular weight excluding hydrogens is 200 g/mol. The van der Waals surface area contributed by atoms with E-state index >= 15 is 0 Å². The summed E-state index contributed by atoms with van der Waals surface area (Å²) in [5.74, 6) is 0.505. The van der Waals surface area contributed by atoms with Gasteiger partial charge < -0.3 is 15.9 Å². The lowest BCUT2D eigenvalue weighted by molar-refractivity contribution is 0.0152. The second-order valence-corrected chi connectivity index (χ2v) is 3.45. The lowest BCUT2D eigenvalue weighted by Crippen LogP contribution is -2.20. The highest BCUT2D eigenvalue weighted by atomic mass is 32.1. The molecule has 0 aliphatic heterocycles. The molecular formula is C9H14N2O2S. The largest absolute Gasteiger partial charge is 0.397 e. The summed E-state index contributed by atoms with van der Waals surface area (Å²) >= 11 is 3.97. The number of nitrogens with zero attached hydrogens (tertiary/aromatic N) is 1. The van der Waals surface area contributed by atoms with Crippen LogP contribution in [0.1, 0.15) is 18.2 Å². The number of aliphatic hydroxyl groups excluding tert-OH is 2. The maximum absolute atomic E-state index is 9.67. The highest BCUT2D eigenvalue weighted by Gasteiger charge is 2.20. The van der Waals surface area contributed by atoms with Crippen LogP contribution in [0.2, 0.25) is 0 Å². The summed E-state index contributed by atoms with van der Waals surface area (Å²) in [6.07, 6.45) is 0.0239. The topological polar surface area (TPSA) is 79.4 Å². The number of hydrogen-bond donors (Lipinski definition) is 4. The predicted octanol–water partition coefficient (Wildman–Crippen LogP) is 0.378. The Morgan fingerprint density at radius 2 is 2.21 bits per heavy atom. The van der Waals surface area contributed by atoms with Crippen molar-refractivity contribution in [2.75, 3.05) is 11.5 Å². The molecule has 0 saturated heterocycles. The lowest BCUT2D eigenvalue weighted by Gasteiger charge is -2.17. The monoisotopic (exact) mass is 214 g/mol. The zero-order valence-corrected chi connectivity index (χ0v) is 8.56. The average molecular weight is 214 g/mol. The maximum atomic E-state index is 9.67. The normalized spacial score (nSPS) is 15.1. The number of pyridine rings is 1. The van der Waals surface area contributed by atoms with E-state index in [0.29, 0.717) is 23.6 Å². The first-order valence-electron chi connectivity index (χ1n) is 4.34. The zero-order valence-electron chi connectivity index (χ0n) is 7.67. The minimum atomic E-state index is -1.04. The highest BCUT2D eigenvalue weighted by Crippen LogP contribution is 2.21. The quantitative estimate of drug-likeness (QED) is 0.546. The van der Waals surface area contributed by atoms with Gasteiger partial charge in [-0.05, 0) is 24.3 Å². The van der Waals surface area contributed by atoms with Crippen LogP contribution in [0, 0.1) is 0 Å². The van der Waals surface area contributed by atoms with Gasteiger partial charge in [0.2, 0.25) is 0 Å². The Bertz CT molecular complexity index is 296. The Labute approximate surface area is 88.2 Å². The van der Waals surface area contributed by atoms with Crippen LogP contribution in [0.3, 0.4) is 0 Å². The SMILES string of the molecule is Nc1cccnc1C(O)C(O)CCS. The first-order chi connectivity index (χ1) is 6.66. The Balaban J connectivity index is 2.78. The van der Waals surface area contributed by atoms with Gasteiger partial charge in [0.1, 0.15) is 6.10 Å². The van der Waals surface area contributed by atoms with E-state index in [4.69, 9.17) is 5.73 Å². The Morgan fingerprint density at radius 1 is 1.50 bits per heavy atom. The predicted molar refractivity (Wildman–Crippen MR) is 58.1 cm³/mol. The first-order valence-corrected chi connectivity index (χ1v) is 4.97. The molecule has 0 amide bonds. The van der Waals surface area contributed by atoms with Crippen LogP contribution in [0.5, 0.6) is 0 Å². The van der Waals surface area contributed by atoms with Gasteiger partial charge in [0.05, 0.1) is 17.5 Å². The molecule has 14 heavy (non-hydrogen) atoms. The molecule has 1 aromatic heterocycles. The minimum absolute atomic E-state index is 0.321. The van der Waals surface area contributed by atoms with E-state index in [2.05, 4.69) is 17.6 Å². The minimum Gasteiger partial charge on any atom is -0.397 e. The van der Waals surface area contributed by atoms with Crippen molar-refractivity contribution < 1.29 is 10.2 Å². The Morgan fingerprint density at radius 3 is 2.79 bits per heavy atom. The summed E-state index contributed by atoms with van der Waals surface area (Å²) in [6, 6.07) is 3.31. The van der Waals surface area contributed by atoms with Gasteiger partial charge in [-0.3, -0.25) is 4.98 Å². The Hall–Kier alpha value is -0.780. The molecule has 2 unspecified atom stereocenters. The third-order valence-corrected chi connectivity index (χ3v) is 2.20. The van der Waals surface area contributed by atoms with E-state index < -0.39 is 12.2 Å². The van der Waals surface area contributed by atoms with Crippen molar-refractivity contribution in [3.63, 3.8) is 0 Å². The van der Waals surface area contributed by atoms with Gasteiger partial charge in [-0.15, -0.1) is 0 Å². The van der Waals surface area contributed by atoms with Gasteiger partial charge in [0, 0.05) is 6.20 Å². The lowest BCUT2D eigenvalue weighted by atomic mass is 10.1. The number of aromatic nitrogens is 1. The van der Waals surface area contributed by atoms with Crippen LogP contribution < -0.4 is 5.73 Å². The molecule has 0 saturated carbocycles. The molecule has 1 aromatic rings. The van der Waals surface area contributed by atoms with Crippen molar-refractivity contribution in [1.82, 2.24) is 4.98 Å². The molecule has 2 atom stereocenters. The number of thiol groups is 1. The smallest absolute Gasteiger partial charge is 0.124 e. The van der Waals surface area contributed by atoms with Crippen molar-refractivity contribution >= 4 is 18.3 Å². The number of nitrogens with two attached hydrogens (primary N) is 1. The highest BCUT2D eigenvalue weighted by molar-refractivity contribution is 7.80. The summed E-state index contributed by atoms with van der Waals surface area (Å²) < 4.78 is 0. The van der Waals surface area contributed by atoms with E-state index in [9.17, 15) is 10.2 Å². The molecule has 0 fully saturated rings. The summed E-state index contributed by atoms with van der Waals surface area (Å²) in [4.78, 5) is 3.92. The summed E-state index contributed by atoms with van der Waals surface area (Å²) in [6.45, 7) is 0. The van der Waals surface area contributed by atoms with E-state index in [1.54, 1.807) is 12.1 Å². The molecule has 0 radical (unpaired) electrons. The number of hydrogen-bond acceptors (Lipinski definition) is 5. The summed E-state index contributed by atoms with van der Waals surface area (Å²) in [5.41, 5.74) is 6.31. The van der Waals surface area contributed by atoms with E-state index in [-0.39, 0.29) is 0 Å². The van der Waals surface area contributed by atoms with Gasteiger partial charge >= 0.3 is 0 Å². The molecule has 1 rings (SSSR count). The van der Waals surface area contributed by atoms with Gasteiger partial charge in [0.15, 0.2) is 0 Å². The molecule has 0 aliphatic rings. The van der Waals surface area contributed by atoms with Crippen LogP contribution in [0.15, 0.2) is 18.3 Å². The molecule has 0 bridgehead atoms. The first kappa shape index (κ1) is 11.3.